The fourth-order valence-corrected chi connectivity index (χ4v) is 2.27. The summed E-state index contributed by atoms with van der Waals surface area (Å²) in [6.45, 7) is 1.48. The Kier molecular flexibility index (Phi) is 3.94. The Bertz CT molecular complexity index is 513. The smallest absolute Gasteiger partial charge is 0.319 e. The minimum atomic E-state index is -1.44. The van der Waals surface area contributed by atoms with Gasteiger partial charge in [-0.1, -0.05) is 34.1 Å². The van der Waals surface area contributed by atoms with E-state index in [0.717, 1.165) is 22.9 Å². The van der Waals surface area contributed by atoms with Crippen molar-refractivity contribution >= 4 is 27.8 Å². The Morgan fingerprint density at radius 1 is 1.42 bits per heavy atom. The number of carbonyl (C=O) groups is 2. The summed E-state index contributed by atoms with van der Waals surface area (Å²) >= 11 is 3.39. The highest BCUT2D eigenvalue weighted by Crippen LogP contribution is 2.29. The molecule has 1 aliphatic carbocycles. The maximum absolute atomic E-state index is 12.2. The van der Waals surface area contributed by atoms with Gasteiger partial charge in [0.05, 0.1) is 0 Å². The molecule has 1 saturated carbocycles. The van der Waals surface area contributed by atoms with Crippen LogP contribution in [0.5, 0.6) is 0 Å². The highest BCUT2D eigenvalue weighted by atomic mass is 79.9. The minimum absolute atomic E-state index is 0.158. The fourth-order valence-electron chi connectivity index (χ4n) is 1.85. The van der Waals surface area contributed by atoms with Crippen molar-refractivity contribution in [2.45, 2.75) is 32.2 Å². The molecule has 0 spiro atoms. The first-order chi connectivity index (χ1) is 8.93. The lowest BCUT2D eigenvalue weighted by atomic mass is 9.82. The van der Waals surface area contributed by atoms with Gasteiger partial charge >= 0.3 is 5.97 Å². The van der Waals surface area contributed by atoms with E-state index >= 15 is 0 Å². The lowest BCUT2D eigenvalue weighted by molar-refractivity contribution is -0.154. The predicted octanol–water partition coefficient (Wildman–Crippen LogP) is 2.36. The summed E-state index contributed by atoms with van der Waals surface area (Å²) in [6, 6.07) is 7.52. The van der Waals surface area contributed by atoms with Crippen molar-refractivity contribution in [3.8, 4) is 0 Å². The second-order valence-corrected chi connectivity index (χ2v) is 6.01. The van der Waals surface area contributed by atoms with Crippen LogP contribution < -0.4 is 5.32 Å². The van der Waals surface area contributed by atoms with Crippen molar-refractivity contribution in [1.82, 2.24) is 5.32 Å². The highest BCUT2D eigenvalue weighted by Gasteiger charge is 2.43. The summed E-state index contributed by atoms with van der Waals surface area (Å²) in [6.07, 6.45) is 2.05. The Hall–Kier alpha value is -1.36. The minimum Gasteiger partial charge on any atom is -0.480 e. The lowest BCUT2D eigenvalue weighted by Gasteiger charge is -2.24. The van der Waals surface area contributed by atoms with Crippen LogP contribution in [0.4, 0.5) is 0 Å². The Labute approximate surface area is 120 Å². The highest BCUT2D eigenvalue weighted by molar-refractivity contribution is 9.10. The maximum atomic E-state index is 12.2. The fraction of sp³-hybridized carbons (Fsp3) is 0.429. The van der Waals surface area contributed by atoms with Gasteiger partial charge in [0.1, 0.15) is 5.41 Å². The van der Waals surface area contributed by atoms with Gasteiger partial charge < -0.3 is 10.4 Å². The third-order valence-electron chi connectivity index (χ3n) is 3.39. The Balaban J connectivity index is 2.21. The molecule has 2 rings (SSSR count). The molecule has 4 nitrogen and oxygen atoms in total. The largest absolute Gasteiger partial charge is 0.480 e. The zero-order valence-electron chi connectivity index (χ0n) is 10.6. The first kappa shape index (κ1) is 14.1. The van der Waals surface area contributed by atoms with Crippen LogP contribution in [0.25, 0.3) is 0 Å². The molecule has 19 heavy (non-hydrogen) atoms. The molecule has 1 atom stereocenters. The molecule has 0 heterocycles. The van der Waals surface area contributed by atoms with Crippen LogP contribution in [0.1, 0.15) is 25.3 Å². The van der Waals surface area contributed by atoms with Gasteiger partial charge in [0.25, 0.3) is 0 Å². The predicted molar refractivity (Wildman–Crippen MR) is 74.8 cm³/mol. The molecule has 5 heteroatoms. The van der Waals surface area contributed by atoms with Crippen LogP contribution in [-0.2, 0) is 16.0 Å². The van der Waals surface area contributed by atoms with Crippen molar-refractivity contribution in [2.75, 3.05) is 0 Å². The van der Waals surface area contributed by atoms with E-state index in [4.69, 9.17) is 0 Å². The van der Waals surface area contributed by atoms with Crippen molar-refractivity contribution in [3.05, 3.63) is 34.3 Å². The summed E-state index contributed by atoms with van der Waals surface area (Å²) in [4.78, 5) is 23.7. The van der Waals surface area contributed by atoms with Gasteiger partial charge in [-0.15, -0.1) is 0 Å². The summed E-state index contributed by atoms with van der Waals surface area (Å²) in [5, 5.41) is 12.2. The van der Waals surface area contributed by atoms with E-state index in [0.29, 0.717) is 0 Å². The number of carboxylic acid groups (broad SMARTS) is 1. The van der Waals surface area contributed by atoms with Crippen LogP contribution in [0.2, 0.25) is 0 Å². The van der Waals surface area contributed by atoms with Crippen LogP contribution in [0.3, 0.4) is 0 Å². The molecular weight excluding hydrogens is 310 g/mol. The average Bonchev–Trinajstić information content (AvgIpc) is 3.15. The SMILES string of the molecule is CC(Cc1ccccc1Br)(C(=O)O)C(=O)NC1CC1. The van der Waals surface area contributed by atoms with Gasteiger partial charge in [0.2, 0.25) is 5.91 Å². The average molecular weight is 326 g/mol. The summed E-state index contributed by atoms with van der Waals surface area (Å²) in [7, 11) is 0. The van der Waals surface area contributed by atoms with E-state index in [9.17, 15) is 14.7 Å². The number of benzene rings is 1. The molecule has 2 N–H and O–H groups in total. The zero-order valence-corrected chi connectivity index (χ0v) is 12.2. The Morgan fingerprint density at radius 2 is 2.05 bits per heavy atom. The normalized spacial score (nSPS) is 17.6. The van der Waals surface area contributed by atoms with E-state index in [1.54, 1.807) is 0 Å². The van der Waals surface area contributed by atoms with Gasteiger partial charge in [-0.25, -0.2) is 0 Å². The molecule has 1 aromatic rings. The lowest BCUT2D eigenvalue weighted by Crippen LogP contribution is -2.46. The van der Waals surface area contributed by atoms with Crippen LogP contribution in [0.15, 0.2) is 28.7 Å². The quantitative estimate of drug-likeness (QED) is 0.817. The van der Waals surface area contributed by atoms with E-state index in [2.05, 4.69) is 21.2 Å². The standard InChI is InChI=1S/C14H16BrNO3/c1-14(13(18)19,12(17)16-10-6-7-10)8-9-4-2-3-5-11(9)15/h2-5,10H,6-8H2,1H3,(H,16,17)(H,18,19). The number of hydrogen-bond acceptors (Lipinski definition) is 2. The number of hydrogen-bond donors (Lipinski definition) is 2. The van der Waals surface area contributed by atoms with Crippen molar-refractivity contribution in [1.29, 1.82) is 0 Å². The molecule has 1 aliphatic rings. The summed E-state index contributed by atoms with van der Waals surface area (Å²) in [5.74, 6) is -1.50. The monoisotopic (exact) mass is 325 g/mol. The second-order valence-electron chi connectivity index (χ2n) is 5.15. The molecule has 1 amide bonds. The first-order valence-electron chi connectivity index (χ1n) is 6.21. The zero-order chi connectivity index (χ0) is 14.0. The second kappa shape index (κ2) is 5.33. The summed E-state index contributed by atoms with van der Waals surface area (Å²) in [5.41, 5.74) is -0.620. The molecule has 0 aromatic heterocycles. The van der Waals surface area contributed by atoms with E-state index < -0.39 is 17.3 Å². The number of rotatable bonds is 5. The molecule has 1 aromatic carbocycles. The number of amides is 1. The topological polar surface area (TPSA) is 66.4 Å². The van der Waals surface area contributed by atoms with E-state index in [1.165, 1.54) is 6.92 Å². The molecule has 0 aliphatic heterocycles. The molecular formula is C14H16BrNO3. The van der Waals surface area contributed by atoms with E-state index in [-0.39, 0.29) is 12.5 Å². The van der Waals surface area contributed by atoms with Gasteiger partial charge in [0.15, 0.2) is 0 Å². The van der Waals surface area contributed by atoms with Gasteiger partial charge in [-0.05, 0) is 37.8 Å². The molecule has 102 valence electrons. The van der Waals surface area contributed by atoms with Crippen molar-refractivity contribution < 1.29 is 14.7 Å². The number of nitrogens with one attached hydrogen (secondary N) is 1. The van der Waals surface area contributed by atoms with Crippen LogP contribution in [0, 0.1) is 5.41 Å². The van der Waals surface area contributed by atoms with Crippen LogP contribution in [-0.4, -0.2) is 23.0 Å². The number of halogens is 1. The molecule has 0 saturated heterocycles. The van der Waals surface area contributed by atoms with Crippen molar-refractivity contribution in [2.24, 2.45) is 5.41 Å². The van der Waals surface area contributed by atoms with Gasteiger partial charge in [-0.3, -0.25) is 9.59 Å². The van der Waals surface area contributed by atoms with Gasteiger partial charge in [-0.2, -0.15) is 0 Å². The maximum Gasteiger partial charge on any atom is 0.319 e. The van der Waals surface area contributed by atoms with Crippen LogP contribution >= 0.6 is 15.9 Å². The molecule has 0 bridgehead atoms. The third-order valence-corrected chi connectivity index (χ3v) is 4.16. The number of carbonyl (C=O) groups excluding carboxylic acids is 1. The van der Waals surface area contributed by atoms with Crippen molar-refractivity contribution in [3.63, 3.8) is 0 Å². The number of carboxylic acids is 1. The molecule has 1 unspecified atom stereocenters. The Morgan fingerprint density at radius 3 is 2.58 bits per heavy atom. The number of aliphatic carboxylic acids is 1. The molecule has 1 fully saturated rings. The first-order valence-corrected chi connectivity index (χ1v) is 7.00. The third kappa shape index (κ3) is 3.15. The van der Waals surface area contributed by atoms with Gasteiger partial charge in [0, 0.05) is 10.5 Å². The molecule has 0 radical (unpaired) electrons. The van der Waals surface area contributed by atoms with E-state index in [1.807, 2.05) is 24.3 Å². The summed E-state index contributed by atoms with van der Waals surface area (Å²) < 4.78 is 0.821.